The number of nitrogens with zero attached hydrogens (tertiary/aromatic N) is 2. The molecule has 0 saturated heterocycles. The van der Waals surface area contributed by atoms with Crippen molar-refractivity contribution in [2.45, 2.75) is 6.92 Å². The quantitative estimate of drug-likeness (QED) is 0.540. The number of rotatable bonds is 4. The molecule has 1 aromatic heterocycles. The molecule has 122 valence electrons. The summed E-state index contributed by atoms with van der Waals surface area (Å²) in [6, 6.07) is 14.2. The van der Waals surface area contributed by atoms with Gasteiger partial charge in [-0.15, -0.1) is 0 Å². The summed E-state index contributed by atoms with van der Waals surface area (Å²) in [4.78, 5) is 12.5. The second-order valence-electron chi connectivity index (χ2n) is 5.15. The molecule has 2 aromatic carbocycles. The first kappa shape index (κ1) is 16.4. The van der Waals surface area contributed by atoms with E-state index in [9.17, 15) is 4.79 Å². The van der Waals surface area contributed by atoms with Gasteiger partial charge in [-0.1, -0.05) is 29.3 Å². The smallest absolute Gasteiger partial charge is 0.280 e. The Morgan fingerprint density at radius 2 is 1.88 bits per heavy atom. The Morgan fingerprint density at radius 1 is 1.12 bits per heavy atom. The molecule has 0 amide bonds. The summed E-state index contributed by atoms with van der Waals surface area (Å²) in [5.74, 6) is 0. The summed E-state index contributed by atoms with van der Waals surface area (Å²) < 4.78 is 1.44. The second-order valence-corrected chi connectivity index (χ2v) is 6.02. The van der Waals surface area contributed by atoms with E-state index in [0.717, 1.165) is 5.69 Å². The molecule has 1 heterocycles. The average Bonchev–Trinajstić information content (AvgIpc) is 2.85. The first-order valence-electron chi connectivity index (χ1n) is 7.17. The minimum Gasteiger partial charge on any atom is -0.295 e. The molecule has 24 heavy (non-hydrogen) atoms. The number of hydrogen-bond acceptors (Lipinski definition) is 3. The van der Waals surface area contributed by atoms with Crippen LogP contribution in [0.5, 0.6) is 0 Å². The van der Waals surface area contributed by atoms with Crippen LogP contribution in [-0.2, 0) is 0 Å². The molecule has 0 radical (unpaired) electrons. The summed E-state index contributed by atoms with van der Waals surface area (Å²) in [7, 11) is 0. The second kappa shape index (κ2) is 6.95. The van der Waals surface area contributed by atoms with E-state index in [-0.39, 0.29) is 5.56 Å². The van der Waals surface area contributed by atoms with E-state index >= 15 is 0 Å². The maximum absolute atomic E-state index is 12.5. The minimum absolute atomic E-state index is 0.198. The average molecular weight is 361 g/mol. The summed E-state index contributed by atoms with van der Waals surface area (Å²) in [5, 5.41) is 8.34. The van der Waals surface area contributed by atoms with Crippen LogP contribution in [0.25, 0.3) is 5.69 Å². The van der Waals surface area contributed by atoms with Crippen LogP contribution in [-0.4, -0.2) is 16.0 Å². The predicted octanol–water partition coefficient (Wildman–Crippen LogP) is 4.23. The highest BCUT2D eigenvalue weighted by Crippen LogP contribution is 2.14. The van der Waals surface area contributed by atoms with Gasteiger partial charge in [-0.05, 0) is 49.4 Å². The first-order chi connectivity index (χ1) is 11.5. The fourth-order valence-corrected chi connectivity index (χ4v) is 2.51. The number of H-pyrrole nitrogens is 1. The molecule has 0 atom stereocenters. The van der Waals surface area contributed by atoms with Crippen LogP contribution >= 0.6 is 23.2 Å². The number of nitrogens with one attached hydrogen (secondary N) is 2. The number of hydrogen-bond donors (Lipinski definition) is 2. The fraction of sp³-hybridized carbons (Fsp3) is 0.0588. The molecule has 0 bridgehead atoms. The number of aromatic nitrogens is 2. The van der Waals surface area contributed by atoms with Crippen molar-refractivity contribution in [1.82, 2.24) is 9.78 Å². The molecular weight excluding hydrogens is 347 g/mol. The predicted molar refractivity (Wildman–Crippen MR) is 98.8 cm³/mol. The first-order valence-corrected chi connectivity index (χ1v) is 7.92. The van der Waals surface area contributed by atoms with Crippen LogP contribution in [0, 0.1) is 6.92 Å². The lowest BCUT2D eigenvalue weighted by molar-refractivity contribution is 0.835. The molecule has 0 aliphatic rings. The van der Waals surface area contributed by atoms with Crippen molar-refractivity contribution in [3.63, 3.8) is 0 Å². The van der Waals surface area contributed by atoms with Crippen molar-refractivity contribution >= 4 is 35.1 Å². The zero-order chi connectivity index (χ0) is 17.1. The fourth-order valence-electron chi connectivity index (χ4n) is 2.20. The van der Waals surface area contributed by atoms with Crippen molar-refractivity contribution in [3.8, 4) is 5.69 Å². The van der Waals surface area contributed by atoms with Gasteiger partial charge in [0.2, 0.25) is 0 Å². The van der Waals surface area contributed by atoms with Gasteiger partial charge in [-0.25, -0.2) is 4.68 Å². The topological polar surface area (TPSA) is 62.2 Å². The highest BCUT2D eigenvalue weighted by atomic mass is 35.5. The molecule has 0 unspecified atom stereocenters. The number of aromatic amines is 1. The lowest BCUT2D eigenvalue weighted by Gasteiger charge is -2.01. The van der Waals surface area contributed by atoms with Gasteiger partial charge in [0.15, 0.2) is 0 Å². The standard InChI is InChI=1S/C17H14Cl2N4O/c1-11-16(10-20-21-14-7-5-12(18)6-8-14)17(24)23(22-11)15-4-2-3-13(19)9-15/h2-10,21-22H,1H3/b20-10+. The van der Waals surface area contributed by atoms with E-state index in [4.69, 9.17) is 23.2 Å². The normalized spacial score (nSPS) is 11.1. The lowest BCUT2D eigenvalue weighted by Crippen LogP contribution is -2.17. The zero-order valence-electron chi connectivity index (χ0n) is 12.8. The number of aryl methyl sites for hydroxylation is 1. The van der Waals surface area contributed by atoms with Crippen LogP contribution in [0.3, 0.4) is 0 Å². The van der Waals surface area contributed by atoms with Gasteiger partial charge in [-0.3, -0.25) is 15.3 Å². The Labute approximate surface area is 148 Å². The van der Waals surface area contributed by atoms with Crippen molar-refractivity contribution < 1.29 is 0 Å². The van der Waals surface area contributed by atoms with E-state index in [2.05, 4.69) is 15.6 Å². The SMILES string of the molecule is Cc1[nH]n(-c2cccc(Cl)c2)c(=O)c1/C=N/Nc1ccc(Cl)cc1. The highest BCUT2D eigenvalue weighted by Gasteiger charge is 2.10. The third-order valence-corrected chi connectivity index (χ3v) is 3.90. The van der Waals surface area contributed by atoms with Gasteiger partial charge in [0.25, 0.3) is 5.56 Å². The number of benzene rings is 2. The van der Waals surface area contributed by atoms with E-state index in [1.807, 2.05) is 6.92 Å². The molecule has 5 nitrogen and oxygen atoms in total. The Kier molecular flexibility index (Phi) is 4.74. The van der Waals surface area contributed by atoms with Crippen molar-refractivity contribution in [2.24, 2.45) is 5.10 Å². The van der Waals surface area contributed by atoms with Crippen LogP contribution in [0.1, 0.15) is 11.3 Å². The van der Waals surface area contributed by atoms with Gasteiger partial charge in [0.05, 0.1) is 23.2 Å². The van der Waals surface area contributed by atoms with Gasteiger partial charge in [0, 0.05) is 15.7 Å². The van der Waals surface area contributed by atoms with Gasteiger partial charge >= 0.3 is 0 Å². The molecular formula is C17H14Cl2N4O. The molecule has 2 N–H and O–H groups in total. The Hall–Kier alpha value is -2.50. The molecule has 0 spiro atoms. The third-order valence-electron chi connectivity index (χ3n) is 3.41. The van der Waals surface area contributed by atoms with E-state index in [1.54, 1.807) is 48.5 Å². The monoisotopic (exact) mass is 360 g/mol. The van der Waals surface area contributed by atoms with Gasteiger partial charge < -0.3 is 0 Å². The molecule has 0 saturated carbocycles. The molecule has 0 aliphatic heterocycles. The third kappa shape index (κ3) is 3.53. The van der Waals surface area contributed by atoms with Crippen molar-refractivity contribution in [3.05, 3.63) is 80.2 Å². The summed E-state index contributed by atoms with van der Waals surface area (Å²) in [6.45, 7) is 1.81. The van der Waals surface area contributed by atoms with Gasteiger partial charge in [-0.2, -0.15) is 5.10 Å². The Bertz CT molecular complexity index is 942. The largest absolute Gasteiger partial charge is 0.295 e. The van der Waals surface area contributed by atoms with Crippen molar-refractivity contribution in [2.75, 3.05) is 5.43 Å². The number of anilines is 1. The lowest BCUT2D eigenvalue weighted by atomic mass is 10.3. The highest BCUT2D eigenvalue weighted by molar-refractivity contribution is 6.31. The Balaban J connectivity index is 1.85. The molecule has 3 rings (SSSR count). The summed E-state index contributed by atoms with van der Waals surface area (Å²) in [5.41, 5.74) is 5.29. The van der Waals surface area contributed by atoms with Crippen LogP contribution in [0.4, 0.5) is 5.69 Å². The van der Waals surface area contributed by atoms with Gasteiger partial charge in [0.1, 0.15) is 0 Å². The maximum atomic E-state index is 12.5. The van der Waals surface area contributed by atoms with Crippen LogP contribution in [0.2, 0.25) is 10.0 Å². The maximum Gasteiger partial charge on any atom is 0.280 e. The van der Waals surface area contributed by atoms with Crippen LogP contribution < -0.4 is 11.0 Å². The molecule has 0 aliphatic carbocycles. The molecule has 7 heteroatoms. The van der Waals surface area contributed by atoms with Crippen molar-refractivity contribution in [1.29, 1.82) is 0 Å². The van der Waals surface area contributed by atoms with Crippen LogP contribution in [0.15, 0.2) is 58.4 Å². The van der Waals surface area contributed by atoms with E-state index < -0.39 is 0 Å². The Morgan fingerprint density at radius 3 is 2.58 bits per heavy atom. The molecule has 3 aromatic rings. The molecule has 0 fully saturated rings. The van der Waals surface area contributed by atoms with E-state index in [1.165, 1.54) is 10.9 Å². The summed E-state index contributed by atoms with van der Waals surface area (Å²) >= 11 is 11.8. The zero-order valence-corrected chi connectivity index (χ0v) is 14.3. The summed E-state index contributed by atoms with van der Waals surface area (Å²) in [6.07, 6.45) is 1.49. The minimum atomic E-state index is -0.198. The van der Waals surface area contributed by atoms with E-state index in [0.29, 0.717) is 27.0 Å². The number of hydrazone groups is 1. The number of halogens is 2.